The number of carbonyl (C=O) groups excluding carboxylic acids is 1. The number of hydrogen-bond donors (Lipinski definition) is 0. The van der Waals surface area contributed by atoms with Gasteiger partial charge in [-0.3, -0.25) is 4.79 Å². The smallest absolute Gasteiger partial charge is 0.306 e. The molecule has 0 heterocycles. The van der Waals surface area contributed by atoms with E-state index in [1.165, 1.54) is 0 Å². The van der Waals surface area contributed by atoms with Crippen molar-refractivity contribution in [3.05, 3.63) is 0 Å². The van der Waals surface area contributed by atoms with Gasteiger partial charge in [0.05, 0.1) is 0 Å². The third-order valence-electron chi connectivity index (χ3n) is 0.935. The average molecular weight is 239 g/mol. The number of alkyl halides is 1. The van der Waals surface area contributed by atoms with Crippen molar-refractivity contribution in [2.75, 3.05) is 5.33 Å². The van der Waals surface area contributed by atoms with Crippen LogP contribution in [-0.4, -0.2) is 16.9 Å². The summed E-state index contributed by atoms with van der Waals surface area (Å²) >= 11 is 3.25. The minimum atomic E-state index is -0.344. The molecule has 0 amide bonds. The molecule has 0 aromatic rings. The molecule has 0 aliphatic rings. The Labute approximate surface area is 83.8 Å². The van der Waals surface area contributed by atoms with Crippen LogP contribution in [0.3, 0.4) is 0 Å². The van der Waals surface area contributed by atoms with Crippen LogP contribution >= 0.6 is 15.9 Å². The lowest BCUT2D eigenvalue weighted by molar-refractivity contribution is -0.154. The Morgan fingerprint density at radius 1 is 1.42 bits per heavy atom. The molecule has 0 atom stereocenters. The molecule has 0 aromatic carbocycles. The van der Waals surface area contributed by atoms with Crippen molar-refractivity contribution >= 4 is 21.9 Å². The molecule has 0 aliphatic heterocycles. The van der Waals surface area contributed by atoms with Crippen LogP contribution in [0, 0.1) is 0 Å². The van der Waals surface area contributed by atoms with Crippen molar-refractivity contribution in [3.8, 4) is 0 Å². The second kappa shape index (κ2) is 6.46. The molecule has 0 rings (SSSR count). The summed E-state index contributed by atoms with van der Waals surface area (Å²) in [5, 5.41) is 0.853. The van der Waals surface area contributed by atoms with E-state index in [1.807, 2.05) is 20.8 Å². The molecule has 74 valence electrons. The van der Waals surface area contributed by atoms with Crippen molar-refractivity contribution < 1.29 is 9.53 Å². The highest BCUT2D eigenvalue weighted by Gasteiger charge is 2.15. The Morgan fingerprint density at radius 3 is 2.25 bits per heavy atom. The van der Waals surface area contributed by atoms with Gasteiger partial charge in [-0.15, -0.1) is 0 Å². The molecular weight excluding hydrogens is 220 g/mol. The highest BCUT2D eigenvalue weighted by atomic mass is 79.9. The van der Waals surface area contributed by atoms with Crippen LogP contribution in [0.2, 0.25) is 0 Å². The van der Waals surface area contributed by atoms with Crippen LogP contribution in [0.4, 0.5) is 0 Å². The van der Waals surface area contributed by atoms with Gasteiger partial charge in [0.1, 0.15) is 5.60 Å². The van der Waals surface area contributed by atoms with E-state index in [-0.39, 0.29) is 19.0 Å². The molecule has 0 bridgehead atoms. The lowest BCUT2D eigenvalue weighted by Gasteiger charge is -2.19. The van der Waals surface area contributed by atoms with E-state index < -0.39 is 0 Å². The number of ether oxygens (including phenoxy) is 1. The first-order valence-electron chi connectivity index (χ1n) is 3.73. The number of rotatable bonds is 3. The monoisotopic (exact) mass is 238 g/mol. The summed E-state index contributed by atoms with van der Waals surface area (Å²) in [6.07, 6.45) is 1.34. The highest BCUT2D eigenvalue weighted by Crippen LogP contribution is 2.09. The fourth-order valence-corrected chi connectivity index (χ4v) is 0.884. The quantitative estimate of drug-likeness (QED) is 0.558. The van der Waals surface area contributed by atoms with Crippen molar-refractivity contribution in [1.82, 2.24) is 0 Å². The molecule has 0 unspecified atom stereocenters. The summed E-state index contributed by atoms with van der Waals surface area (Å²) in [5.74, 6) is -0.114. The van der Waals surface area contributed by atoms with E-state index in [4.69, 9.17) is 4.74 Å². The van der Waals surface area contributed by atoms with E-state index in [1.54, 1.807) is 0 Å². The largest absolute Gasteiger partial charge is 0.460 e. The Morgan fingerprint density at radius 2 is 1.92 bits per heavy atom. The maximum absolute atomic E-state index is 11.0. The van der Waals surface area contributed by atoms with Gasteiger partial charge in [0, 0.05) is 11.8 Å². The zero-order valence-corrected chi connectivity index (χ0v) is 8.90. The third-order valence-corrected chi connectivity index (χ3v) is 1.50. The minimum absolute atomic E-state index is 0. The summed E-state index contributed by atoms with van der Waals surface area (Å²) in [5.41, 5.74) is -0.344. The van der Waals surface area contributed by atoms with E-state index >= 15 is 0 Å². The molecule has 0 aromatic heterocycles. The summed E-state index contributed by atoms with van der Waals surface area (Å²) in [4.78, 5) is 11.0. The van der Waals surface area contributed by atoms with E-state index in [2.05, 4.69) is 15.9 Å². The van der Waals surface area contributed by atoms with Crippen LogP contribution in [0.25, 0.3) is 0 Å². The molecule has 2 nitrogen and oxygen atoms in total. The highest BCUT2D eigenvalue weighted by molar-refractivity contribution is 9.09. The van der Waals surface area contributed by atoms with E-state index in [9.17, 15) is 4.79 Å². The van der Waals surface area contributed by atoms with Crippen molar-refractivity contribution in [2.24, 2.45) is 0 Å². The summed E-state index contributed by atoms with van der Waals surface area (Å²) in [6, 6.07) is 0. The molecule has 12 heavy (non-hydrogen) atoms. The molecule has 0 saturated heterocycles. The van der Waals surface area contributed by atoms with Gasteiger partial charge >= 0.3 is 5.97 Å². The van der Waals surface area contributed by atoms with Gasteiger partial charge < -0.3 is 4.74 Å². The standard InChI is InChI=1S/C8H15BrO2.CH4/c1-8(2,3)11-7(10)5-4-6-9;/h4-6H2,1-3H3;1H4. The first-order chi connectivity index (χ1) is 4.95. The van der Waals surface area contributed by atoms with Gasteiger partial charge in [0.2, 0.25) is 0 Å². The van der Waals surface area contributed by atoms with Crippen LogP contribution < -0.4 is 0 Å². The number of esters is 1. The lowest BCUT2D eigenvalue weighted by atomic mass is 10.2. The van der Waals surface area contributed by atoms with Crippen LogP contribution in [-0.2, 0) is 9.53 Å². The Kier molecular flexibility index (Phi) is 7.80. The average Bonchev–Trinajstić information content (AvgIpc) is 1.79. The third kappa shape index (κ3) is 9.95. The van der Waals surface area contributed by atoms with Crippen LogP contribution in [0.5, 0.6) is 0 Å². The zero-order chi connectivity index (χ0) is 8.91. The van der Waals surface area contributed by atoms with Crippen LogP contribution in [0.15, 0.2) is 0 Å². The number of halogens is 1. The second-order valence-electron chi connectivity index (χ2n) is 3.38. The van der Waals surface area contributed by atoms with Gasteiger partial charge in [0.15, 0.2) is 0 Å². The molecule has 0 aliphatic carbocycles. The molecule has 0 spiro atoms. The van der Waals surface area contributed by atoms with Gasteiger partial charge in [-0.05, 0) is 27.2 Å². The molecule has 0 radical (unpaired) electrons. The maximum Gasteiger partial charge on any atom is 0.306 e. The maximum atomic E-state index is 11.0. The van der Waals surface area contributed by atoms with E-state index in [0.717, 1.165) is 11.8 Å². The summed E-state index contributed by atoms with van der Waals surface area (Å²) in [7, 11) is 0. The molecule has 3 heteroatoms. The first-order valence-corrected chi connectivity index (χ1v) is 4.85. The SMILES string of the molecule is C.CC(C)(C)OC(=O)CCCBr. The van der Waals surface area contributed by atoms with Gasteiger partial charge in [-0.2, -0.15) is 0 Å². The van der Waals surface area contributed by atoms with Gasteiger partial charge in [-0.25, -0.2) is 0 Å². The lowest BCUT2D eigenvalue weighted by Crippen LogP contribution is -2.23. The fourth-order valence-electron chi connectivity index (χ4n) is 0.604. The summed E-state index contributed by atoms with van der Waals surface area (Å²) < 4.78 is 5.08. The van der Waals surface area contributed by atoms with Crippen molar-refractivity contribution in [2.45, 2.75) is 46.6 Å². The predicted molar refractivity (Wildman–Crippen MR) is 55.6 cm³/mol. The molecule has 0 N–H and O–H groups in total. The minimum Gasteiger partial charge on any atom is -0.460 e. The molecule has 0 fully saturated rings. The number of hydrogen-bond acceptors (Lipinski definition) is 2. The molecular formula is C9H19BrO2. The van der Waals surface area contributed by atoms with Gasteiger partial charge in [0.25, 0.3) is 0 Å². The second-order valence-corrected chi connectivity index (χ2v) is 4.17. The Hall–Kier alpha value is -0.0500. The Balaban J connectivity index is 0. The summed E-state index contributed by atoms with van der Waals surface area (Å²) in [6.45, 7) is 5.62. The van der Waals surface area contributed by atoms with Crippen molar-refractivity contribution in [1.29, 1.82) is 0 Å². The topological polar surface area (TPSA) is 26.3 Å². The predicted octanol–water partition coefficient (Wildman–Crippen LogP) is 3.14. The normalized spacial score (nSPS) is 10.3. The fraction of sp³-hybridized carbons (Fsp3) is 0.889. The Bertz CT molecular complexity index is 127. The van der Waals surface area contributed by atoms with E-state index in [0.29, 0.717) is 6.42 Å². The first kappa shape index (κ1) is 14.5. The zero-order valence-electron chi connectivity index (χ0n) is 7.32. The molecule has 0 saturated carbocycles. The van der Waals surface area contributed by atoms with Gasteiger partial charge in [-0.1, -0.05) is 23.4 Å². The number of carbonyl (C=O) groups is 1. The van der Waals surface area contributed by atoms with Crippen molar-refractivity contribution in [3.63, 3.8) is 0 Å². The van der Waals surface area contributed by atoms with Crippen LogP contribution in [0.1, 0.15) is 41.0 Å².